The summed E-state index contributed by atoms with van der Waals surface area (Å²) in [4.78, 5) is 29.2. The molecule has 0 bridgehead atoms. The average molecular weight is 504 g/mol. The summed E-state index contributed by atoms with van der Waals surface area (Å²) in [5.41, 5.74) is -4.01. The number of hydrogen-bond acceptors (Lipinski definition) is 4. The Morgan fingerprint density at radius 2 is 1.83 bits per heavy atom. The summed E-state index contributed by atoms with van der Waals surface area (Å²) in [6, 6.07) is 1.97. The van der Waals surface area contributed by atoms with Gasteiger partial charge in [-0.25, -0.2) is 0 Å². The summed E-state index contributed by atoms with van der Waals surface area (Å²) < 4.78 is 94.7. The van der Waals surface area contributed by atoms with Gasteiger partial charge in [-0.15, -0.1) is 0 Å². The molecule has 2 aromatic rings. The molecule has 0 saturated carbocycles. The number of amides is 1. The van der Waals surface area contributed by atoms with E-state index >= 15 is 0 Å². The van der Waals surface area contributed by atoms with Crippen molar-refractivity contribution in [3.05, 3.63) is 61.6 Å². The molecule has 3 heterocycles. The predicted molar refractivity (Wildman–Crippen MR) is 111 cm³/mol. The van der Waals surface area contributed by atoms with E-state index in [0.717, 1.165) is 4.90 Å². The zero-order valence-corrected chi connectivity index (χ0v) is 18.8. The summed E-state index contributed by atoms with van der Waals surface area (Å²) in [7, 11) is 0. The van der Waals surface area contributed by atoms with E-state index in [2.05, 4.69) is 4.98 Å². The second kappa shape index (κ2) is 8.89. The molecular weight excluding hydrogens is 482 g/mol. The van der Waals surface area contributed by atoms with Gasteiger partial charge in [0.25, 0.3) is 11.5 Å². The molecule has 35 heavy (non-hydrogen) atoms. The van der Waals surface area contributed by atoms with Gasteiger partial charge in [-0.1, -0.05) is 0 Å². The fourth-order valence-corrected chi connectivity index (χ4v) is 4.53. The van der Waals surface area contributed by atoms with Gasteiger partial charge in [0.15, 0.2) is 0 Å². The number of alkyl halides is 6. The van der Waals surface area contributed by atoms with Gasteiger partial charge < -0.3 is 19.4 Å². The van der Waals surface area contributed by atoms with Crippen molar-refractivity contribution in [1.82, 2.24) is 9.88 Å². The Hall–Kier alpha value is -3.02. The van der Waals surface area contributed by atoms with Crippen molar-refractivity contribution in [3.63, 3.8) is 0 Å². The summed E-state index contributed by atoms with van der Waals surface area (Å²) in [6.45, 7) is 2.74. The minimum absolute atomic E-state index is 0.0781. The molecule has 190 valence electrons. The first-order valence-corrected chi connectivity index (χ1v) is 10.8. The molecule has 1 aromatic heterocycles. The van der Waals surface area contributed by atoms with Crippen molar-refractivity contribution in [1.29, 1.82) is 0 Å². The number of pyridine rings is 1. The van der Waals surface area contributed by atoms with Crippen molar-refractivity contribution in [2.75, 3.05) is 19.8 Å². The van der Waals surface area contributed by atoms with Gasteiger partial charge in [0.1, 0.15) is 17.4 Å². The highest BCUT2D eigenvalue weighted by Crippen LogP contribution is 2.47. The van der Waals surface area contributed by atoms with Crippen LogP contribution in [0.1, 0.15) is 50.3 Å². The normalized spacial score (nSPS) is 18.7. The van der Waals surface area contributed by atoms with E-state index in [1.54, 1.807) is 19.9 Å². The Morgan fingerprint density at radius 1 is 1.11 bits per heavy atom. The SMILES string of the molecule is Cc1cc(C)c(CN2CCc3c(C(F)(F)F)cc(OC4CCOC4)c(C(F)(F)F)c3C2=O)c(=O)[nH]1. The molecule has 4 rings (SSSR count). The number of H-pyrrole nitrogens is 1. The Morgan fingerprint density at radius 3 is 2.40 bits per heavy atom. The molecule has 2 aliphatic heterocycles. The van der Waals surface area contributed by atoms with Gasteiger partial charge in [0, 0.05) is 24.2 Å². The van der Waals surface area contributed by atoms with Crippen LogP contribution in [-0.2, 0) is 30.1 Å². The molecule has 12 heteroatoms. The Kier molecular flexibility index (Phi) is 6.37. The van der Waals surface area contributed by atoms with Gasteiger partial charge in [-0.3, -0.25) is 9.59 Å². The quantitative estimate of drug-likeness (QED) is 0.627. The number of aromatic nitrogens is 1. The molecule has 6 nitrogen and oxygen atoms in total. The van der Waals surface area contributed by atoms with Crippen LogP contribution in [0.2, 0.25) is 0 Å². The van der Waals surface area contributed by atoms with Gasteiger partial charge in [0.2, 0.25) is 0 Å². The molecule has 1 atom stereocenters. The van der Waals surface area contributed by atoms with Crippen molar-refractivity contribution in [3.8, 4) is 5.75 Å². The molecule has 1 saturated heterocycles. The third-order valence-electron chi connectivity index (χ3n) is 6.14. The number of nitrogens with zero attached hydrogens (tertiary/aromatic N) is 1. The Labute approximate surface area is 195 Å². The number of benzene rings is 1. The van der Waals surface area contributed by atoms with Crippen molar-refractivity contribution < 1.29 is 40.6 Å². The zero-order chi connectivity index (χ0) is 25.7. The van der Waals surface area contributed by atoms with Crippen LogP contribution in [0.4, 0.5) is 26.3 Å². The lowest BCUT2D eigenvalue weighted by atomic mass is 9.88. The molecule has 1 amide bonds. The molecule has 1 unspecified atom stereocenters. The van der Waals surface area contributed by atoms with Crippen LogP contribution in [-0.4, -0.2) is 41.7 Å². The van der Waals surface area contributed by atoms with Crippen LogP contribution in [0.25, 0.3) is 0 Å². The number of halogens is 6. The summed E-state index contributed by atoms with van der Waals surface area (Å²) >= 11 is 0. The van der Waals surface area contributed by atoms with Crippen molar-refractivity contribution >= 4 is 5.91 Å². The number of ether oxygens (including phenoxy) is 2. The first-order valence-electron chi connectivity index (χ1n) is 10.8. The topological polar surface area (TPSA) is 71.6 Å². The Bertz CT molecular complexity index is 1210. The van der Waals surface area contributed by atoms with E-state index in [9.17, 15) is 35.9 Å². The summed E-state index contributed by atoms with van der Waals surface area (Å²) in [5.74, 6) is -2.30. The lowest BCUT2D eigenvalue weighted by Gasteiger charge is -2.33. The first kappa shape index (κ1) is 25.1. The molecule has 1 fully saturated rings. The van der Waals surface area contributed by atoms with Crippen LogP contribution in [0.15, 0.2) is 16.9 Å². The van der Waals surface area contributed by atoms with E-state index in [1.807, 2.05) is 0 Å². The van der Waals surface area contributed by atoms with Gasteiger partial charge in [0.05, 0.1) is 30.9 Å². The van der Waals surface area contributed by atoms with Crippen molar-refractivity contribution in [2.24, 2.45) is 0 Å². The van der Waals surface area contributed by atoms with Crippen LogP contribution in [0.3, 0.4) is 0 Å². The lowest BCUT2D eigenvalue weighted by Crippen LogP contribution is -2.41. The lowest BCUT2D eigenvalue weighted by molar-refractivity contribution is -0.143. The monoisotopic (exact) mass is 504 g/mol. The highest BCUT2D eigenvalue weighted by molar-refractivity contribution is 5.99. The smallest absolute Gasteiger partial charge is 0.420 e. The largest absolute Gasteiger partial charge is 0.487 e. The zero-order valence-electron chi connectivity index (χ0n) is 18.8. The number of carbonyl (C=O) groups excluding carboxylic acids is 1. The fraction of sp³-hybridized carbons (Fsp3) is 0.478. The first-order chi connectivity index (χ1) is 16.3. The maximum Gasteiger partial charge on any atom is 0.420 e. The summed E-state index contributed by atoms with van der Waals surface area (Å²) in [6.07, 6.45) is -11.3. The molecule has 1 N–H and O–H groups in total. The van der Waals surface area contributed by atoms with Crippen molar-refractivity contribution in [2.45, 2.75) is 51.7 Å². The van der Waals surface area contributed by atoms with Crippen LogP contribution >= 0.6 is 0 Å². The average Bonchev–Trinajstić information content (AvgIpc) is 3.23. The third-order valence-corrected chi connectivity index (χ3v) is 6.14. The van der Waals surface area contributed by atoms with Crippen LogP contribution < -0.4 is 10.3 Å². The number of aryl methyl sites for hydroxylation is 2. The van der Waals surface area contributed by atoms with Gasteiger partial charge in [-0.2, -0.15) is 26.3 Å². The number of rotatable bonds is 4. The second-order valence-electron chi connectivity index (χ2n) is 8.67. The molecule has 0 radical (unpaired) electrons. The van der Waals surface area contributed by atoms with Crippen LogP contribution in [0.5, 0.6) is 5.75 Å². The van der Waals surface area contributed by atoms with E-state index in [1.165, 1.54) is 0 Å². The highest BCUT2D eigenvalue weighted by Gasteiger charge is 2.47. The highest BCUT2D eigenvalue weighted by atomic mass is 19.4. The molecular formula is C23H22F6N2O4. The Balaban J connectivity index is 1.86. The fourth-order valence-electron chi connectivity index (χ4n) is 4.53. The van der Waals surface area contributed by atoms with E-state index < -0.39 is 64.3 Å². The minimum Gasteiger partial charge on any atom is -0.487 e. The second-order valence-corrected chi connectivity index (χ2v) is 8.67. The number of fused-ring (bicyclic) bond motifs is 1. The molecule has 1 aromatic carbocycles. The van der Waals surface area contributed by atoms with Gasteiger partial charge >= 0.3 is 12.4 Å². The number of carbonyl (C=O) groups is 1. The molecule has 0 aliphatic carbocycles. The van der Waals surface area contributed by atoms with E-state index in [4.69, 9.17) is 9.47 Å². The number of nitrogens with one attached hydrogen (secondary N) is 1. The predicted octanol–water partition coefficient (Wildman–Crippen LogP) is 4.40. The number of aromatic amines is 1. The maximum absolute atomic E-state index is 14.2. The van der Waals surface area contributed by atoms with Crippen LogP contribution in [0, 0.1) is 13.8 Å². The molecule has 0 spiro atoms. The standard InChI is InChI=1S/C23H22F6N2O4/c1-11-7-12(2)30-20(32)15(11)9-31-5-3-14-16(22(24,25)26)8-17(35-13-4-6-34-10-13)19(23(27,28)29)18(14)21(31)33/h7-8,13H,3-6,9-10H2,1-2H3,(H,30,32). The van der Waals surface area contributed by atoms with Gasteiger partial charge in [-0.05, 0) is 43.5 Å². The molecule has 2 aliphatic rings. The van der Waals surface area contributed by atoms with E-state index in [-0.39, 0.29) is 38.3 Å². The number of hydrogen-bond donors (Lipinski definition) is 1. The maximum atomic E-state index is 14.2. The minimum atomic E-state index is -5.17. The summed E-state index contributed by atoms with van der Waals surface area (Å²) in [5, 5.41) is 0. The third kappa shape index (κ3) is 4.89. The van der Waals surface area contributed by atoms with E-state index in [0.29, 0.717) is 17.3 Å².